The molecule has 0 unspecified atom stereocenters. The summed E-state index contributed by atoms with van der Waals surface area (Å²) in [5.41, 5.74) is 1.81. The van der Waals surface area contributed by atoms with Crippen LogP contribution in [0.5, 0.6) is 0 Å². The van der Waals surface area contributed by atoms with Crippen LogP contribution in [0.25, 0.3) is 11.3 Å². The number of carboxylic acid groups (broad SMARTS) is 1. The van der Waals surface area contributed by atoms with Gasteiger partial charge in [-0.05, 0) is 49.8 Å². The van der Waals surface area contributed by atoms with Crippen molar-refractivity contribution in [1.29, 1.82) is 0 Å². The molecule has 24 heavy (non-hydrogen) atoms. The minimum absolute atomic E-state index is 0.246. The molecule has 6 heteroatoms. The first-order chi connectivity index (χ1) is 11.5. The molecule has 1 saturated heterocycles. The molecule has 0 bridgehead atoms. The largest absolute Gasteiger partial charge is 0.477 e. The number of nitrogens with one attached hydrogen (secondary N) is 1. The summed E-state index contributed by atoms with van der Waals surface area (Å²) < 4.78 is 0. The Bertz CT molecular complexity index is 783. The van der Waals surface area contributed by atoms with E-state index in [1.807, 2.05) is 24.3 Å². The summed E-state index contributed by atoms with van der Waals surface area (Å²) in [5, 5.41) is 8.92. The summed E-state index contributed by atoms with van der Waals surface area (Å²) in [5.74, 6) is -1.22. The lowest BCUT2D eigenvalue weighted by atomic mass is 10.1. The van der Waals surface area contributed by atoms with Gasteiger partial charge in [-0.3, -0.25) is 4.79 Å². The van der Waals surface area contributed by atoms with Crippen molar-refractivity contribution in [2.24, 2.45) is 0 Å². The zero-order valence-electron chi connectivity index (χ0n) is 13.7. The predicted octanol–water partition coefficient (Wildman–Crippen LogP) is 1.88. The molecule has 2 aromatic rings. The van der Waals surface area contributed by atoms with Gasteiger partial charge in [0.25, 0.3) is 5.56 Å². The Hall–Kier alpha value is -2.60. The highest BCUT2D eigenvalue weighted by molar-refractivity contribution is 5.87. The second-order valence-corrected chi connectivity index (χ2v) is 6.11. The monoisotopic (exact) mass is 327 g/mol. The van der Waals surface area contributed by atoms with E-state index in [1.54, 1.807) is 6.07 Å². The molecule has 3 rings (SSSR count). The number of carbonyl (C=O) groups is 1. The third-order valence-corrected chi connectivity index (χ3v) is 4.40. The van der Waals surface area contributed by atoms with Crippen LogP contribution in [-0.4, -0.2) is 54.2 Å². The summed E-state index contributed by atoms with van der Waals surface area (Å²) in [6.07, 6.45) is 1.14. The molecule has 0 amide bonds. The SMILES string of the molecule is CN1CCCN(c2ccc(-c3ccc(C(=O)O)c(=O)[nH]3)cc2)CC1. The topological polar surface area (TPSA) is 76.6 Å². The average Bonchev–Trinajstić information content (AvgIpc) is 2.79. The fourth-order valence-electron chi connectivity index (χ4n) is 2.97. The summed E-state index contributed by atoms with van der Waals surface area (Å²) >= 11 is 0. The number of benzene rings is 1. The number of rotatable bonds is 3. The van der Waals surface area contributed by atoms with Gasteiger partial charge in [-0.1, -0.05) is 12.1 Å². The van der Waals surface area contributed by atoms with Gasteiger partial charge in [0.1, 0.15) is 5.56 Å². The van der Waals surface area contributed by atoms with Gasteiger partial charge in [0.2, 0.25) is 0 Å². The van der Waals surface area contributed by atoms with Gasteiger partial charge in [-0.15, -0.1) is 0 Å². The molecule has 126 valence electrons. The predicted molar refractivity (Wildman–Crippen MR) is 93.8 cm³/mol. The van der Waals surface area contributed by atoms with Crippen molar-refractivity contribution in [1.82, 2.24) is 9.88 Å². The van der Waals surface area contributed by atoms with E-state index in [0.717, 1.165) is 38.2 Å². The number of aromatic amines is 1. The second-order valence-electron chi connectivity index (χ2n) is 6.11. The third kappa shape index (κ3) is 3.49. The minimum atomic E-state index is -1.22. The first kappa shape index (κ1) is 16.3. The van der Waals surface area contributed by atoms with Gasteiger partial charge in [0, 0.05) is 31.0 Å². The molecule has 1 aliphatic rings. The normalized spacial score (nSPS) is 16.0. The van der Waals surface area contributed by atoms with Gasteiger partial charge in [0.15, 0.2) is 0 Å². The molecule has 0 spiro atoms. The van der Waals surface area contributed by atoms with Crippen LogP contribution >= 0.6 is 0 Å². The van der Waals surface area contributed by atoms with Crippen LogP contribution in [0.4, 0.5) is 5.69 Å². The Labute approximate surface area is 140 Å². The second kappa shape index (κ2) is 6.88. The Morgan fingerprint density at radius 1 is 1.04 bits per heavy atom. The number of hydrogen-bond donors (Lipinski definition) is 2. The van der Waals surface area contributed by atoms with Crippen molar-refractivity contribution < 1.29 is 9.90 Å². The fraction of sp³-hybridized carbons (Fsp3) is 0.333. The van der Waals surface area contributed by atoms with Gasteiger partial charge < -0.3 is 19.9 Å². The maximum absolute atomic E-state index is 11.8. The first-order valence-electron chi connectivity index (χ1n) is 8.05. The maximum Gasteiger partial charge on any atom is 0.341 e. The van der Waals surface area contributed by atoms with Crippen LogP contribution in [-0.2, 0) is 0 Å². The van der Waals surface area contributed by atoms with Crippen molar-refractivity contribution in [2.45, 2.75) is 6.42 Å². The van der Waals surface area contributed by atoms with Crippen molar-refractivity contribution in [3.05, 3.63) is 52.3 Å². The number of nitrogens with zero attached hydrogens (tertiary/aromatic N) is 2. The van der Waals surface area contributed by atoms with Crippen LogP contribution in [0.2, 0.25) is 0 Å². The summed E-state index contributed by atoms with van der Waals surface area (Å²) in [7, 11) is 2.14. The lowest BCUT2D eigenvalue weighted by Crippen LogP contribution is -2.28. The average molecular weight is 327 g/mol. The van der Waals surface area contributed by atoms with E-state index in [-0.39, 0.29) is 5.56 Å². The van der Waals surface area contributed by atoms with Crippen molar-refractivity contribution >= 4 is 11.7 Å². The molecule has 2 N–H and O–H groups in total. The van der Waals surface area contributed by atoms with E-state index in [2.05, 4.69) is 21.8 Å². The summed E-state index contributed by atoms with van der Waals surface area (Å²) in [6, 6.07) is 11.0. The molecule has 6 nitrogen and oxygen atoms in total. The highest BCUT2D eigenvalue weighted by atomic mass is 16.4. The lowest BCUT2D eigenvalue weighted by Gasteiger charge is -2.23. The smallest absolute Gasteiger partial charge is 0.341 e. The van der Waals surface area contributed by atoms with E-state index >= 15 is 0 Å². The van der Waals surface area contributed by atoms with Gasteiger partial charge in [-0.2, -0.15) is 0 Å². The molecular formula is C18H21N3O3. The first-order valence-corrected chi connectivity index (χ1v) is 8.05. The van der Waals surface area contributed by atoms with E-state index in [4.69, 9.17) is 5.11 Å². The molecule has 1 aromatic heterocycles. The van der Waals surface area contributed by atoms with Crippen molar-refractivity contribution in [3.63, 3.8) is 0 Å². The zero-order chi connectivity index (χ0) is 17.1. The Kier molecular flexibility index (Phi) is 4.66. The van der Waals surface area contributed by atoms with E-state index < -0.39 is 11.5 Å². The number of likely N-dealkylation sites (N-methyl/N-ethyl adjacent to an activating group) is 1. The van der Waals surface area contributed by atoms with Crippen LogP contribution in [0, 0.1) is 0 Å². The highest BCUT2D eigenvalue weighted by Crippen LogP contribution is 2.22. The number of pyridine rings is 1. The van der Waals surface area contributed by atoms with E-state index in [9.17, 15) is 9.59 Å². The molecule has 0 saturated carbocycles. The van der Waals surface area contributed by atoms with Gasteiger partial charge in [-0.25, -0.2) is 4.79 Å². The van der Waals surface area contributed by atoms with Crippen LogP contribution in [0.1, 0.15) is 16.8 Å². The molecule has 0 radical (unpaired) electrons. The number of H-pyrrole nitrogens is 1. The quantitative estimate of drug-likeness (QED) is 0.900. The molecule has 0 aliphatic carbocycles. The number of aromatic carboxylic acids is 1. The van der Waals surface area contributed by atoms with E-state index in [0.29, 0.717) is 5.69 Å². The number of anilines is 1. The maximum atomic E-state index is 11.8. The molecular weight excluding hydrogens is 306 g/mol. The lowest BCUT2D eigenvalue weighted by molar-refractivity contribution is 0.0695. The molecule has 2 heterocycles. The summed E-state index contributed by atoms with van der Waals surface area (Å²) in [6.45, 7) is 4.20. The highest BCUT2D eigenvalue weighted by Gasteiger charge is 2.13. The Balaban J connectivity index is 1.80. The van der Waals surface area contributed by atoms with Crippen molar-refractivity contribution in [2.75, 3.05) is 38.1 Å². The van der Waals surface area contributed by atoms with E-state index in [1.165, 1.54) is 11.8 Å². The third-order valence-electron chi connectivity index (χ3n) is 4.40. The van der Waals surface area contributed by atoms with Gasteiger partial charge >= 0.3 is 5.97 Å². The number of hydrogen-bond acceptors (Lipinski definition) is 4. The van der Waals surface area contributed by atoms with Crippen LogP contribution in [0.15, 0.2) is 41.2 Å². The molecule has 1 aromatic carbocycles. The van der Waals surface area contributed by atoms with Gasteiger partial charge in [0.05, 0.1) is 0 Å². The summed E-state index contributed by atoms with van der Waals surface area (Å²) in [4.78, 5) is 30.0. The minimum Gasteiger partial charge on any atom is -0.477 e. The number of aromatic nitrogens is 1. The fourth-order valence-corrected chi connectivity index (χ4v) is 2.97. The standard InChI is InChI=1S/C18H21N3O3/c1-20-9-2-10-21(12-11-20)14-5-3-13(4-6-14)16-8-7-15(18(23)24)17(22)19-16/h3-8H,2,9-12H2,1H3,(H,19,22)(H,23,24). The Morgan fingerprint density at radius 3 is 2.46 bits per heavy atom. The molecule has 1 fully saturated rings. The molecule has 1 aliphatic heterocycles. The Morgan fingerprint density at radius 2 is 1.79 bits per heavy atom. The molecule has 0 atom stereocenters. The van der Waals surface area contributed by atoms with Crippen molar-refractivity contribution in [3.8, 4) is 11.3 Å². The zero-order valence-corrected chi connectivity index (χ0v) is 13.7. The van der Waals surface area contributed by atoms with Crippen LogP contribution in [0.3, 0.4) is 0 Å². The van der Waals surface area contributed by atoms with Crippen LogP contribution < -0.4 is 10.5 Å². The number of carboxylic acids is 1.